The number of hydrogen-bond donors (Lipinski definition) is 0. The van der Waals surface area contributed by atoms with Crippen molar-refractivity contribution < 1.29 is 0 Å². The lowest BCUT2D eigenvalue weighted by molar-refractivity contribution is 1.32. The topological polar surface area (TPSA) is 25.8 Å². The third kappa shape index (κ3) is 1.68. The molecule has 0 atom stereocenters. The molecule has 0 unspecified atom stereocenters. The van der Waals surface area contributed by atoms with Crippen molar-refractivity contribution in [3.63, 3.8) is 0 Å². The molecule has 4 heteroatoms. The van der Waals surface area contributed by atoms with Crippen LogP contribution in [0, 0.1) is 0 Å². The number of halogens is 1. The van der Waals surface area contributed by atoms with E-state index in [0.29, 0.717) is 0 Å². The van der Waals surface area contributed by atoms with Gasteiger partial charge in [-0.05, 0) is 30.3 Å². The van der Waals surface area contributed by atoms with E-state index in [2.05, 4.69) is 9.97 Å². The van der Waals surface area contributed by atoms with Crippen molar-refractivity contribution in [2.75, 3.05) is 0 Å². The second-order valence-electron chi connectivity index (χ2n) is 3.37. The second kappa shape index (κ2) is 3.85. The van der Waals surface area contributed by atoms with Crippen LogP contribution in [-0.2, 0) is 0 Å². The van der Waals surface area contributed by atoms with Crippen molar-refractivity contribution in [1.82, 2.24) is 9.97 Å². The molecule has 0 aliphatic carbocycles. The monoisotopic (exact) mass is 246 g/mol. The molecule has 0 radical (unpaired) electrons. The SMILES string of the molecule is Clc1ccc2sc(-c3cccnc3)nc2c1. The Morgan fingerprint density at radius 1 is 1.19 bits per heavy atom. The summed E-state index contributed by atoms with van der Waals surface area (Å²) in [5.41, 5.74) is 1.98. The van der Waals surface area contributed by atoms with Crippen LogP contribution in [0.5, 0.6) is 0 Å². The van der Waals surface area contributed by atoms with E-state index in [1.807, 2.05) is 36.5 Å². The van der Waals surface area contributed by atoms with Crippen LogP contribution < -0.4 is 0 Å². The summed E-state index contributed by atoms with van der Waals surface area (Å²) in [5.74, 6) is 0. The van der Waals surface area contributed by atoms with E-state index in [1.165, 1.54) is 0 Å². The zero-order chi connectivity index (χ0) is 11.0. The predicted molar refractivity (Wildman–Crippen MR) is 67.9 cm³/mol. The molecule has 0 fully saturated rings. The van der Waals surface area contributed by atoms with Gasteiger partial charge in [0.15, 0.2) is 0 Å². The van der Waals surface area contributed by atoms with Crippen molar-refractivity contribution in [1.29, 1.82) is 0 Å². The maximum atomic E-state index is 5.93. The number of hydrogen-bond acceptors (Lipinski definition) is 3. The van der Waals surface area contributed by atoms with Crippen LogP contribution in [0.25, 0.3) is 20.8 Å². The molecule has 0 spiro atoms. The fourth-order valence-electron chi connectivity index (χ4n) is 1.51. The quantitative estimate of drug-likeness (QED) is 0.648. The summed E-state index contributed by atoms with van der Waals surface area (Å²) in [6.07, 6.45) is 3.58. The summed E-state index contributed by atoms with van der Waals surface area (Å²) >= 11 is 7.58. The number of thiazole rings is 1. The molecule has 0 saturated carbocycles. The number of nitrogens with zero attached hydrogens (tertiary/aromatic N) is 2. The molecule has 0 aliphatic rings. The average molecular weight is 247 g/mol. The van der Waals surface area contributed by atoms with Gasteiger partial charge in [0.2, 0.25) is 0 Å². The zero-order valence-corrected chi connectivity index (χ0v) is 9.79. The fraction of sp³-hybridized carbons (Fsp3) is 0. The van der Waals surface area contributed by atoms with Crippen LogP contribution in [0.1, 0.15) is 0 Å². The Morgan fingerprint density at radius 3 is 2.94 bits per heavy atom. The lowest BCUT2D eigenvalue weighted by Crippen LogP contribution is -1.76. The summed E-state index contributed by atoms with van der Waals surface area (Å²) in [4.78, 5) is 8.63. The molecule has 3 aromatic rings. The number of benzene rings is 1. The number of fused-ring (bicyclic) bond motifs is 1. The van der Waals surface area contributed by atoms with Crippen molar-refractivity contribution >= 4 is 33.2 Å². The highest BCUT2D eigenvalue weighted by atomic mass is 35.5. The molecule has 0 bridgehead atoms. The maximum Gasteiger partial charge on any atom is 0.126 e. The molecular formula is C12H7ClN2S. The van der Waals surface area contributed by atoms with Crippen LogP contribution in [0.15, 0.2) is 42.7 Å². The summed E-state index contributed by atoms with van der Waals surface area (Å²) in [6.45, 7) is 0. The van der Waals surface area contributed by atoms with Gasteiger partial charge in [-0.2, -0.15) is 0 Å². The number of aromatic nitrogens is 2. The largest absolute Gasteiger partial charge is 0.264 e. The molecule has 78 valence electrons. The summed E-state index contributed by atoms with van der Waals surface area (Å²) < 4.78 is 1.14. The zero-order valence-electron chi connectivity index (χ0n) is 8.22. The first-order valence-corrected chi connectivity index (χ1v) is 5.99. The van der Waals surface area contributed by atoms with E-state index < -0.39 is 0 Å². The van der Waals surface area contributed by atoms with Gasteiger partial charge in [0.25, 0.3) is 0 Å². The molecule has 0 N–H and O–H groups in total. The maximum absolute atomic E-state index is 5.93. The third-order valence-electron chi connectivity index (χ3n) is 2.26. The Balaban J connectivity index is 2.19. The van der Waals surface area contributed by atoms with Gasteiger partial charge in [-0.25, -0.2) is 4.98 Å². The summed E-state index contributed by atoms with van der Waals surface area (Å²) in [5, 5.41) is 1.70. The number of rotatable bonds is 1. The second-order valence-corrected chi connectivity index (χ2v) is 4.84. The van der Waals surface area contributed by atoms with Gasteiger partial charge in [-0.1, -0.05) is 11.6 Å². The minimum Gasteiger partial charge on any atom is -0.264 e. The first-order chi connectivity index (χ1) is 7.83. The number of pyridine rings is 1. The standard InChI is InChI=1S/C12H7ClN2S/c13-9-3-4-11-10(6-9)15-12(16-11)8-2-1-5-14-7-8/h1-7H. The summed E-state index contributed by atoms with van der Waals surface area (Å²) in [6, 6.07) is 9.68. The highest BCUT2D eigenvalue weighted by Gasteiger charge is 2.06. The van der Waals surface area contributed by atoms with Crippen molar-refractivity contribution in [3.05, 3.63) is 47.7 Å². The third-order valence-corrected chi connectivity index (χ3v) is 3.58. The van der Waals surface area contributed by atoms with Gasteiger partial charge < -0.3 is 0 Å². The fourth-order valence-corrected chi connectivity index (χ4v) is 2.62. The Hall–Kier alpha value is -1.45. The van der Waals surface area contributed by atoms with Crippen molar-refractivity contribution in [2.24, 2.45) is 0 Å². The average Bonchev–Trinajstić information content (AvgIpc) is 2.73. The van der Waals surface area contributed by atoms with Gasteiger partial charge in [0, 0.05) is 23.0 Å². The van der Waals surface area contributed by atoms with E-state index in [4.69, 9.17) is 11.6 Å². The van der Waals surface area contributed by atoms with Gasteiger partial charge in [0.05, 0.1) is 10.2 Å². The Kier molecular flexibility index (Phi) is 2.35. The minimum absolute atomic E-state index is 0.718. The molecule has 2 nitrogen and oxygen atoms in total. The van der Waals surface area contributed by atoms with Crippen molar-refractivity contribution in [2.45, 2.75) is 0 Å². The van der Waals surface area contributed by atoms with E-state index in [-0.39, 0.29) is 0 Å². The van der Waals surface area contributed by atoms with E-state index >= 15 is 0 Å². The predicted octanol–water partition coefficient (Wildman–Crippen LogP) is 4.01. The van der Waals surface area contributed by atoms with Crippen molar-refractivity contribution in [3.8, 4) is 10.6 Å². The lowest BCUT2D eigenvalue weighted by Gasteiger charge is -1.91. The van der Waals surface area contributed by atoms with Crippen LogP contribution in [0.2, 0.25) is 5.02 Å². The molecule has 0 aliphatic heterocycles. The molecule has 2 aromatic heterocycles. The smallest absolute Gasteiger partial charge is 0.126 e. The normalized spacial score (nSPS) is 10.8. The Labute approximate surface area is 102 Å². The van der Waals surface area contributed by atoms with Crippen LogP contribution in [0.3, 0.4) is 0 Å². The molecule has 1 aromatic carbocycles. The van der Waals surface area contributed by atoms with Crippen LogP contribution >= 0.6 is 22.9 Å². The Bertz CT molecular complexity index is 634. The molecule has 3 rings (SSSR count). The Morgan fingerprint density at radius 2 is 2.12 bits per heavy atom. The van der Waals surface area contributed by atoms with Crippen LogP contribution in [-0.4, -0.2) is 9.97 Å². The molecule has 2 heterocycles. The van der Waals surface area contributed by atoms with E-state index in [9.17, 15) is 0 Å². The van der Waals surface area contributed by atoms with E-state index in [1.54, 1.807) is 17.5 Å². The van der Waals surface area contributed by atoms with Gasteiger partial charge in [-0.3, -0.25) is 4.98 Å². The van der Waals surface area contributed by atoms with Crippen LogP contribution in [0.4, 0.5) is 0 Å². The first kappa shape index (κ1) is 9.75. The first-order valence-electron chi connectivity index (χ1n) is 4.79. The molecular weight excluding hydrogens is 240 g/mol. The summed E-state index contributed by atoms with van der Waals surface area (Å²) in [7, 11) is 0. The highest BCUT2D eigenvalue weighted by molar-refractivity contribution is 7.21. The molecule has 0 amide bonds. The molecule has 0 saturated heterocycles. The van der Waals surface area contributed by atoms with E-state index in [0.717, 1.165) is 25.8 Å². The van der Waals surface area contributed by atoms with Gasteiger partial charge in [0.1, 0.15) is 5.01 Å². The van der Waals surface area contributed by atoms with Gasteiger partial charge >= 0.3 is 0 Å². The van der Waals surface area contributed by atoms with Gasteiger partial charge in [-0.15, -0.1) is 11.3 Å². The highest BCUT2D eigenvalue weighted by Crippen LogP contribution is 2.30. The molecule has 16 heavy (non-hydrogen) atoms. The minimum atomic E-state index is 0.718. The lowest BCUT2D eigenvalue weighted by atomic mass is 10.3.